The van der Waals surface area contributed by atoms with Gasteiger partial charge in [0.1, 0.15) is 5.82 Å². The van der Waals surface area contributed by atoms with E-state index in [1.165, 1.54) is 0 Å². The third kappa shape index (κ3) is 2.74. The molecule has 2 N–H and O–H groups in total. The maximum Gasteiger partial charge on any atom is 0.335 e. The predicted molar refractivity (Wildman–Crippen MR) is 77.2 cm³/mol. The van der Waals surface area contributed by atoms with Crippen molar-refractivity contribution in [3.63, 3.8) is 0 Å². The van der Waals surface area contributed by atoms with E-state index in [9.17, 15) is 9.59 Å². The van der Waals surface area contributed by atoms with Gasteiger partial charge in [0, 0.05) is 19.0 Å². The molecule has 0 saturated heterocycles. The van der Waals surface area contributed by atoms with Crippen molar-refractivity contribution in [2.75, 3.05) is 6.54 Å². The van der Waals surface area contributed by atoms with E-state index in [-0.39, 0.29) is 17.4 Å². The van der Waals surface area contributed by atoms with Gasteiger partial charge in [-0.25, -0.2) is 9.78 Å². The van der Waals surface area contributed by atoms with Crippen LogP contribution in [0.5, 0.6) is 0 Å². The number of amides is 1. The number of imidazole rings is 1. The molecule has 1 aliphatic rings. The van der Waals surface area contributed by atoms with E-state index in [1.54, 1.807) is 18.2 Å². The first-order valence-corrected chi connectivity index (χ1v) is 7.04. The minimum absolute atomic E-state index is 0.114. The predicted octanol–water partition coefficient (Wildman–Crippen LogP) is 1.57. The second kappa shape index (κ2) is 5.20. The Kier molecular flexibility index (Phi) is 3.37. The summed E-state index contributed by atoms with van der Waals surface area (Å²) in [5, 5.41) is 12.0. The van der Waals surface area contributed by atoms with Crippen molar-refractivity contribution in [2.24, 2.45) is 5.92 Å². The normalized spacial score (nSPS) is 14.3. The summed E-state index contributed by atoms with van der Waals surface area (Å²) in [4.78, 5) is 27.1. The average Bonchev–Trinajstić information content (AvgIpc) is 3.24. The number of aromatic nitrogens is 2. The number of benzene rings is 1. The molecule has 1 amide bonds. The fourth-order valence-electron chi connectivity index (χ4n) is 2.44. The van der Waals surface area contributed by atoms with Gasteiger partial charge in [0.15, 0.2) is 0 Å². The molecule has 2 aromatic rings. The van der Waals surface area contributed by atoms with E-state index in [4.69, 9.17) is 5.11 Å². The molecular weight excluding hydrogens is 270 g/mol. The lowest BCUT2D eigenvalue weighted by molar-refractivity contribution is -0.122. The molecule has 0 atom stereocenters. The second-order valence-corrected chi connectivity index (χ2v) is 5.38. The lowest BCUT2D eigenvalue weighted by Crippen LogP contribution is -2.28. The molecule has 1 saturated carbocycles. The van der Waals surface area contributed by atoms with Gasteiger partial charge in [-0.05, 0) is 38.0 Å². The number of rotatable bonds is 5. The number of carboxylic acids is 1. The van der Waals surface area contributed by atoms with Gasteiger partial charge in [0.25, 0.3) is 0 Å². The number of hydrogen-bond donors (Lipinski definition) is 2. The lowest BCUT2D eigenvalue weighted by atomic mass is 10.2. The zero-order valence-corrected chi connectivity index (χ0v) is 11.8. The molecule has 6 nitrogen and oxygen atoms in total. The number of aryl methyl sites for hydroxylation is 1. The van der Waals surface area contributed by atoms with Crippen molar-refractivity contribution in [3.05, 3.63) is 29.6 Å². The molecule has 0 radical (unpaired) electrons. The summed E-state index contributed by atoms with van der Waals surface area (Å²) >= 11 is 0. The van der Waals surface area contributed by atoms with Crippen molar-refractivity contribution in [1.29, 1.82) is 0 Å². The highest BCUT2D eigenvalue weighted by atomic mass is 16.4. The highest BCUT2D eigenvalue weighted by molar-refractivity contribution is 5.92. The molecule has 1 aliphatic carbocycles. The molecule has 1 heterocycles. The molecule has 6 heteroatoms. The zero-order valence-electron chi connectivity index (χ0n) is 11.8. The van der Waals surface area contributed by atoms with Crippen LogP contribution >= 0.6 is 0 Å². The molecule has 0 aliphatic heterocycles. The van der Waals surface area contributed by atoms with Gasteiger partial charge < -0.3 is 15.0 Å². The number of nitrogens with zero attached hydrogens (tertiary/aromatic N) is 2. The maximum atomic E-state index is 11.6. The number of hydrogen-bond acceptors (Lipinski definition) is 3. The lowest BCUT2D eigenvalue weighted by Gasteiger charge is -2.08. The number of carbonyl (C=O) groups is 2. The molecule has 1 aromatic heterocycles. The Labute approximate surface area is 121 Å². The van der Waals surface area contributed by atoms with Crippen LogP contribution in [0.3, 0.4) is 0 Å². The standard InChI is InChI=1S/C15H17N3O3/c1-9-17-12-5-4-11(15(20)21)8-13(12)18(9)7-6-16-14(19)10-2-3-10/h4-5,8,10H,2-3,6-7H2,1H3,(H,16,19)(H,20,21). The molecule has 110 valence electrons. The first kappa shape index (κ1) is 13.6. The van der Waals surface area contributed by atoms with Gasteiger partial charge in [-0.2, -0.15) is 0 Å². The number of nitrogens with one attached hydrogen (secondary N) is 1. The van der Waals surface area contributed by atoms with Gasteiger partial charge in [-0.15, -0.1) is 0 Å². The van der Waals surface area contributed by atoms with Gasteiger partial charge >= 0.3 is 5.97 Å². The summed E-state index contributed by atoms with van der Waals surface area (Å²) in [7, 11) is 0. The van der Waals surface area contributed by atoms with Crippen LogP contribution in [0.15, 0.2) is 18.2 Å². The van der Waals surface area contributed by atoms with Crippen LogP contribution < -0.4 is 5.32 Å². The van der Waals surface area contributed by atoms with E-state index in [1.807, 2.05) is 11.5 Å². The van der Waals surface area contributed by atoms with Gasteiger partial charge in [-0.3, -0.25) is 4.79 Å². The number of carboxylic acid groups (broad SMARTS) is 1. The van der Waals surface area contributed by atoms with Crippen LogP contribution in [0.1, 0.15) is 29.0 Å². The SMILES string of the molecule is Cc1nc2ccc(C(=O)O)cc2n1CCNC(=O)C1CC1. The van der Waals surface area contributed by atoms with Crippen LogP contribution in [0.2, 0.25) is 0 Å². The summed E-state index contributed by atoms with van der Waals surface area (Å²) in [6, 6.07) is 4.89. The minimum atomic E-state index is -0.954. The van der Waals surface area contributed by atoms with Gasteiger partial charge in [0.2, 0.25) is 5.91 Å². The van der Waals surface area contributed by atoms with Crippen LogP contribution in [0, 0.1) is 12.8 Å². The largest absolute Gasteiger partial charge is 0.478 e. The van der Waals surface area contributed by atoms with Gasteiger partial charge in [0.05, 0.1) is 16.6 Å². The Morgan fingerprint density at radius 3 is 2.86 bits per heavy atom. The quantitative estimate of drug-likeness (QED) is 0.874. The fourth-order valence-corrected chi connectivity index (χ4v) is 2.44. The number of aromatic carboxylic acids is 1. The van der Waals surface area contributed by atoms with E-state index in [0.717, 1.165) is 29.7 Å². The molecular formula is C15H17N3O3. The molecule has 0 bridgehead atoms. The molecule has 0 spiro atoms. The molecule has 3 rings (SSSR count). The maximum absolute atomic E-state index is 11.6. The third-order valence-corrected chi connectivity index (χ3v) is 3.77. The summed E-state index contributed by atoms with van der Waals surface area (Å²) in [5.74, 6) is 0.171. The molecule has 21 heavy (non-hydrogen) atoms. The highest BCUT2D eigenvalue weighted by Crippen LogP contribution is 2.28. The van der Waals surface area contributed by atoms with Gasteiger partial charge in [-0.1, -0.05) is 0 Å². The highest BCUT2D eigenvalue weighted by Gasteiger charge is 2.29. The number of fused-ring (bicyclic) bond motifs is 1. The summed E-state index contributed by atoms with van der Waals surface area (Å²) < 4.78 is 1.94. The number of carbonyl (C=O) groups excluding carboxylic acids is 1. The van der Waals surface area contributed by atoms with Crippen molar-refractivity contribution in [2.45, 2.75) is 26.3 Å². The first-order chi connectivity index (χ1) is 10.1. The zero-order chi connectivity index (χ0) is 15.0. The van der Waals surface area contributed by atoms with E-state index < -0.39 is 5.97 Å². The summed E-state index contributed by atoms with van der Waals surface area (Å²) in [6.07, 6.45) is 1.97. The summed E-state index contributed by atoms with van der Waals surface area (Å²) in [5.41, 5.74) is 1.80. The Hall–Kier alpha value is -2.37. The topological polar surface area (TPSA) is 84.2 Å². The Morgan fingerprint density at radius 2 is 2.19 bits per heavy atom. The summed E-state index contributed by atoms with van der Waals surface area (Å²) in [6.45, 7) is 2.99. The van der Waals surface area contributed by atoms with E-state index in [0.29, 0.717) is 13.1 Å². The van der Waals surface area contributed by atoms with Crippen molar-refractivity contribution in [1.82, 2.24) is 14.9 Å². The monoisotopic (exact) mass is 287 g/mol. The van der Waals surface area contributed by atoms with Crippen LogP contribution in [0.4, 0.5) is 0 Å². The average molecular weight is 287 g/mol. The van der Waals surface area contributed by atoms with E-state index >= 15 is 0 Å². The molecule has 1 fully saturated rings. The molecule has 1 aromatic carbocycles. The Balaban J connectivity index is 1.79. The van der Waals surface area contributed by atoms with Crippen LogP contribution in [-0.2, 0) is 11.3 Å². The first-order valence-electron chi connectivity index (χ1n) is 7.04. The van der Waals surface area contributed by atoms with Crippen molar-refractivity contribution < 1.29 is 14.7 Å². The minimum Gasteiger partial charge on any atom is -0.478 e. The van der Waals surface area contributed by atoms with Crippen LogP contribution in [0.25, 0.3) is 11.0 Å². The molecule has 0 unspecified atom stereocenters. The van der Waals surface area contributed by atoms with E-state index in [2.05, 4.69) is 10.3 Å². The van der Waals surface area contributed by atoms with Crippen molar-refractivity contribution >= 4 is 22.9 Å². The Morgan fingerprint density at radius 1 is 1.43 bits per heavy atom. The third-order valence-electron chi connectivity index (χ3n) is 3.77. The Bertz CT molecular complexity index is 716. The second-order valence-electron chi connectivity index (χ2n) is 5.38. The van der Waals surface area contributed by atoms with Crippen LogP contribution in [-0.4, -0.2) is 33.1 Å². The fraction of sp³-hybridized carbons (Fsp3) is 0.400. The smallest absolute Gasteiger partial charge is 0.335 e. The van der Waals surface area contributed by atoms with Crippen molar-refractivity contribution in [3.8, 4) is 0 Å².